The van der Waals surface area contributed by atoms with Crippen LogP contribution in [0.25, 0.3) is 0 Å². The second-order valence-corrected chi connectivity index (χ2v) is 2.13. The van der Waals surface area contributed by atoms with Gasteiger partial charge in [-0.15, -0.1) is 10.1 Å². The molecule has 0 saturated carbocycles. The summed E-state index contributed by atoms with van der Waals surface area (Å²) in [6.07, 6.45) is 1.20. The summed E-state index contributed by atoms with van der Waals surface area (Å²) in [6, 6.07) is 0. The Balaban J connectivity index is -0.000000214. The molecular weight excluding hydrogens is 274 g/mol. The molecule has 0 rings (SSSR count). The highest BCUT2D eigenvalue weighted by Gasteiger charge is 1.99. The Morgan fingerprint density at radius 2 is 1.37 bits per heavy atom. The van der Waals surface area contributed by atoms with Gasteiger partial charge in [0.15, 0.2) is 7.05 Å². The average Bonchev–Trinajstić information content (AvgIpc) is 2.27. The first-order valence-corrected chi connectivity index (χ1v) is 4.20. The average molecular weight is 285 g/mol. The second kappa shape index (κ2) is 17.7. The SMILES string of the molecule is C[N+](=O)[O-].O=CCOCC=O.O=[N+]([O-])CO[N+](=O)[O-]. The third-order valence-electron chi connectivity index (χ3n) is 0.640. The van der Waals surface area contributed by atoms with Crippen molar-refractivity contribution in [3.05, 3.63) is 30.3 Å². The van der Waals surface area contributed by atoms with Gasteiger partial charge in [-0.05, 0) is 0 Å². The van der Waals surface area contributed by atoms with Crippen molar-refractivity contribution in [2.45, 2.75) is 0 Å². The molecule has 0 aliphatic rings. The van der Waals surface area contributed by atoms with Gasteiger partial charge in [0.1, 0.15) is 25.8 Å². The monoisotopic (exact) mass is 285 g/mol. The van der Waals surface area contributed by atoms with Crippen LogP contribution >= 0.6 is 0 Å². The lowest BCUT2D eigenvalue weighted by molar-refractivity contribution is -0.803. The summed E-state index contributed by atoms with van der Waals surface area (Å²) in [5.41, 5.74) is 0. The van der Waals surface area contributed by atoms with Crippen LogP contribution in [0, 0.1) is 30.3 Å². The molecule has 0 bridgehead atoms. The van der Waals surface area contributed by atoms with E-state index in [4.69, 9.17) is 10.1 Å². The summed E-state index contributed by atoms with van der Waals surface area (Å²) in [7, 11) is 0.889. The fourth-order valence-corrected chi connectivity index (χ4v) is 0.259. The lowest BCUT2D eigenvalue weighted by Gasteiger charge is -1.86. The van der Waals surface area contributed by atoms with E-state index in [-0.39, 0.29) is 13.2 Å². The van der Waals surface area contributed by atoms with Crippen molar-refractivity contribution in [1.82, 2.24) is 0 Å². The van der Waals surface area contributed by atoms with Crippen molar-refractivity contribution in [2.24, 2.45) is 0 Å². The molecule has 0 aromatic heterocycles. The second-order valence-electron chi connectivity index (χ2n) is 2.13. The Morgan fingerprint density at radius 1 is 1.00 bits per heavy atom. The van der Waals surface area contributed by atoms with Gasteiger partial charge in [-0.25, -0.2) is 4.84 Å². The molecule has 0 N–H and O–H groups in total. The molecule has 19 heavy (non-hydrogen) atoms. The summed E-state index contributed by atoms with van der Waals surface area (Å²) in [6.45, 7) is -1.06. The summed E-state index contributed by atoms with van der Waals surface area (Å²) in [5.74, 6) is 0. The van der Waals surface area contributed by atoms with E-state index in [1.807, 2.05) is 0 Å². The molecule has 0 radical (unpaired) electrons. The van der Waals surface area contributed by atoms with E-state index in [2.05, 4.69) is 9.57 Å². The van der Waals surface area contributed by atoms with Crippen LogP contribution in [0.3, 0.4) is 0 Å². The number of hydrogen-bond acceptors (Lipinski definition) is 10. The largest absolute Gasteiger partial charge is 0.367 e. The number of ether oxygens (including phenoxy) is 1. The molecule has 0 aliphatic carbocycles. The van der Waals surface area contributed by atoms with E-state index in [0.29, 0.717) is 12.6 Å². The van der Waals surface area contributed by atoms with E-state index < -0.39 is 21.7 Å². The molecule has 0 unspecified atom stereocenters. The lowest BCUT2D eigenvalue weighted by atomic mass is 10.8. The molecule has 13 heteroatoms. The van der Waals surface area contributed by atoms with Crippen molar-refractivity contribution in [3.63, 3.8) is 0 Å². The zero-order valence-electron chi connectivity index (χ0n) is 9.70. The van der Waals surface area contributed by atoms with Gasteiger partial charge in [0, 0.05) is 9.85 Å². The Morgan fingerprint density at radius 3 is 1.53 bits per heavy atom. The van der Waals surface area contributed by atoms with E-state index in [9.17, 15) is 29.8 Å². The van der Waals surface area contributed by atoms with E-state index in [1.54, 1.807) is 0 Å². The van der Waals surface area contributed by atoms with Gasteiger partial charge in [0.2, 0.25) is 0 Å². The van der Waals surface area contributed by atoms with Crippen molar-refractivity contribution >= 4 is 12.6 Å². The first-order chi connectivity index (χ1) is 8.77. The fraction of sp³-hybridized carbons (Fsp3) is 0.667. The van der Waals surface area contributed by atoms with Crippen LogP contribution in [-0.4, -0.2) is 54.5 Å². The van der Waals surface area contributed by atoms with Crippen molar-refractivity contribution in [3.8, 4) is 0 Å². The Hall–Kier alpha value is -2.70. The number of carbonyl (C=O) groups is 2. The number of aldehydes is 2. The van der Waals surface area contributed by atoms with Gasteiger partial charge in [-0.2, -0.15) is 0 Å². The summed E-state index contributed by atoms with van der Waals surface area (Å²) >= 11 is 0. The van der Waals surface area contributed by atoms with E-state index >= 15 is 0 Å². The molecule has 0 amide bonds. The van der Waals surface area contributed by atoms with Crippen LogP contribution in [0.2, 0.25) is 0 Å². The minimum absolute atomic E-state index is 0.0126. The molecular formula is C6H11N3O10. The number of rotatable bonds is 7. The van der Waals surface area contributed by atoms with Crippen LogP contribution in [0.15, 0.2) is 0 Å². The summed E-state index contributed by atoms with van der Waals surface area (Å²) < 4.78 is 4.40. The van der Waals surface area contributed by atoms with E-state index in [1.165, 1.54) is 0 Å². The molecule has 0 heterocycles. The number of hydrogen-bond donors (Lipinski definition) is 0. The first kappa shape index (κ1) is 21.6. The third kappa shape index (κ3) is 68.2. The maximum absolute atomic E-state index is 9.44. The molecule has 13 nitrogen and oxygen atoms in total. The maximum Gasteiger partial charge on any atom is 0.346 e. The minimum atomic E-state index is -1.22. The Bertz CT molecular complexity index is 267. The molecule has 0 fully saturated rings. The Labute approximate surface area is 105 Å². The van der Waals surface area contributed by atoms with Gasteiger partial charge in [-0.1, -0.05) is 0 Å². The lowest BCUT2D eigenvalue weighted by Crippen LogP contribution is -2.09. The van der Waals surface area contributed by atoms with Crippen molar-refractivity contribution in [2.75, 3.05) is 27.0 Å². The molecule has 0 atom stereocenters. The molecule has 110 valence electrons. The number of nitro groups is 2. The third-order valence-corrected chi connectivity index (χ3v) is 0.640. The highest BCUT2D eigenvalue weighted by molar-refractivity contribution is 5.53. The Kier molecular flexibility index (Phi) is 20.1. The normalized spacial score (nSPS) is 7.63. The molecule has 0 aromatic carbocycles. The first-order valence-electron chi connectivity index (χ1n) is 4.20. The quantitative estimate of drug-likeness (QED) is 0.179. The topological polar surface area (TPSA) is 182 Å². The summed E-state index contributed by atoms with van der Waals surface area (Å²) in [4.78, 5) is 48.0. The van der Waals surface area contributed by atoms with Gasteiger partial charge in [0.05, 0.1) is 0 Å². The van der Waals surface area contributed by atoms with Crippen LogP contribution in [0.1, 0.15) is 0 Å². The zero-order valence-corrected chi connectivity index (χ0v) is 9.70. The maximum atomic E-state index is 9.44. The summed E-state index contributed by atoms with van der Waals surface area (Å²) in [5, 5.41) is 26.0. The fourth-order valence-electron chi connectivity index (χ4n) is 0.259. The standard InChI is InChI=1S/C4H6O3.CH2N2O5.CH3NO2/c5-1-3-7-4-2-6;4-2(5)1-8-3(6)7;1-2(3)4/h1-2H,3-4H2;1H2;1H3. The zero-order chi connectivity index (χ0) is 15.7. The predicted octanol–water partition coefficient (Wildman–Crippen LogP) is -1.28. The van der Waals surface area contributed by atoms with E-state index in [0.717, 1.165) is 7.05 Å². The molecule has 0 aromatic rings. The highest BCUT2D eigenvalue weighted by atomic mass is 17.0. The van der Waals surface area contributed by atoms with Crippen LogP contribution in [0.4, 0.5) is 0 Å². The molecule has 0 saturated heterocycles. The van der Waals surface area contributed by atoms with Gasteiger partial charge in [-0.3, -0.25) is 20.2 Å². The predicted molar refractivity (Wildman–Crippen MR) is 55.8 cm³/mol. The highest BCUT2D eigenvalue weighted by Crippen LogP contribution is 1.72. The van der Waals surface area contributed by atoms with Crippen LogP contribution in [-0.2, 0) is 19.2 Å². The smallest absolute Gasteiger partial charge is 0.346 e. The van der Waals surface area contributed by atoms with Crippen molar-refractivity contribution in [1.29, 1.82) is 0 Å². The molecule has 0 spiro atoms. The van der Waals surface area contributed by atoms with Crippen molar-refractivity contribution < 1.29 is 34.1 Å². The van der Waals surface area contributed by atoms with Gasteiger partial charge >= 0.3 is 11.8 Å². The van der Waals surface area contributed by atoms with Crippen LogP contribution in [0.5, 0.6) is 0 Å². The van der Waals surface area contributed by atoms with Gasteiger partial charge in [0.25, 0.3) is 0 Å². The molecule has 0 aliphatic heterocycles. The van der Waals surface area contributed by atoms with Gasteiger partial charge < -0.3 is 14.3 Å². The number of nitrogens with zero attached hydrogens (tertiary/aromatic N) is 3. The number of carbonyl (C=O) groups excluding carboxylic acids is 2. The van der Waals surface area contributed by atoms with Crippen LogP contribution < -0.4 is 0 Å². The minimum Gasteiger partial charge on any atom is -0.367 e.